The minimum absolute atomic E-state index is 0.332. The molecule has 1 aromatic carbocycles. The molecule has 0 bridgehead atoms. The van der Waals surface area contributed by atoms with E-state index in [4.69, 9.17) is 10.5 Å². The number of ether oxygens (including phenoxy) is 1. The number of nitrogen functional groups attached to an aromatic ring is 1. The van der Waals surface area contributed by atoms with E-state index in [1.807, 2.05) is 18.2 Å². The number of hydrogen-bond acceptors (Lipinski definition) is 3. The molecular weight excluding hydrogens is 280 g/mol. The summed E-state index contributed by atoms with van der Waals surface area (Å²) in [6.45, 7) is 5.04. The molecular formula is C13H19BrN2O. The highest BCUT2D eigenvalue weighted by molar-refractivity contribution is 9.10. The molecule has 94 valence electrons. The van der Waals surface area contributed by atoms with Crippen LogP contribution in [0.1, 0.15) is 19.8 Å². The minimum Gasteiger partial charge on any atom is -0.399 e. The lowest BCUT2D eigenvalue weighted by atomic mass is 9.82. The average Bonchev–Trinajstić information content (AvgIpc) is 2.29. The highest BCUT2D eigenvalue weighted by Gasteiger charge is 2.27. The van der Waals surface area contributed by atoms with Gasteiger partial charge in [-0.25, -0.2) is 0 Å². The lowest BCUT2D eigenvalue weighted by Crippen LogP contribution is -2.33. The normalized spacial score (nSPS) is 18.9. The Morgan fingerprint density at radius 2 is 2.12 bits per heavy atom. The van der Waals surface area contributed by atoms with Crippen LogP contribution in [0.15, 0.2) is 22.7 Å². The van der Waals surface area contributed by atoms with Gasteiger partial charge in [0.1, 0.15) is 0 Å². The highest BCUT2D eigenvalue weighted by Crippen LogP contribution is 2.31. The number of halogens is 1. The largest absolute Gasteiger partial charge is 0.399 e. The summed E-state index contributed by atoms with van der Waals surface area (Å²) in [5.74, 6) is 0. The van der Waals surface area contributed by atoms with Gasteiger partial charge < -0.3 is 15.8 Å². The third-order valence-electron chi connectivity index (χ3n) is 3.40. The molecule has 0 aromatic heterocycles. The van der Waals surface area contributed by atoms with E-state index in [-0.39, 0.29) is 0 Å². The molecule has 3 N–H and O–H groups in total. The average molecular weight is 299 g/mol. The molecule has 1 aromatic rings. The summed E-state index contributed by atoms with van der Waals surface area (Å²) in [6.07, 6.45) is 2.24. The number of nitrogens with two attached hydrogens (primary N) is 1. The predicted octanol–water partition coefficient (Wildman–Crippen LogP) is 3.26. The highest BCUT2D eigenvalue weighted by atomic mass is 79.9. The quantitative estimate of drug-likeness (QED) is 0.842. The van der Waals surface area contributed by atoms with Crippen LogP contribution in [0.4, 0.5) is 11.4 Å². The van der Waals surface area contributed by atoms with Gasteiger partial charge in [0.2, 0.25) is 0 Å². The first-order valence-corrected chi connectivity index (χ1v) is 6.75. The smallest absolute Gasteiger partial charge is 0.0486 e. The monoisotopic (exact) mass is 298 g/mol. The third kappa shape index (κ3) is 3.36. The zero-order valence-corrected chi connectivity index (χ0v) is 11.7. The van der Waals surface area contributed by atoms with Gasteiger partial charge in [-0.2, -0.15) is 0 Å². The van der Waals surface area contributed by atoms with Crippen LogP contribution in [-0.4, -0.2) is 19.8 Å². The SMILES string of the molecule is CC1(CNc2ccc(N)cc2Br)CCOCC1. The zero-order chi connectivity index (χ0) is 12.3. The van der Waals surface area contributed by atoms with Crippen molar-refractivity contribution in [1.82, 2.24) is 0 Å². The molecule has 17 heavy (non-hydrogen) atoms. The number of nitrogens with one attached hydrogen (secondary N) is 1. The second-order valence-electron chi connectivity index (χ2n) is 5.02. The molecule has 1 aliphatic heterocycles. The van der Waals surface area contributed by atoms with Crippen LogP contribution < -0.4 is 11.1 Å². The fourth-order valence-electron chi connectivity index (χ4n) is 2.02. The Bertz CT molecular complexity index is 389. The Hall–Kier alpha value is -0.740. The van der Waals surface area contributed by atoms with E-state index in [0.29, 0.717) is 5.41 Å². The van der Waals surface area contributed by atoms with Crippen LogP contribution in [0.5, 0.6) is 0 Å². The number of hydrogen-bond donors (Lipinski definition) is 2. The summed E-state index contributed by atoms with van der Waals surface area (Å²) >= 11 is 3.52. The van der Waals surface area contributed by atoms with Crippen LogP contribution in [0.2, 0.25) is 0 Å². The van der Waals surface area contributed by atoms with Gasteiger partial charge in [-0.3, -0.25) is 0 Å². The van der Waals surface area contributed by atoms with Crippen LogP contribution in [0.3, 0.4) is 0 Å². The first-order valence-electron chi connectivity index (χ1n) is 5.96. The van der Waals surface area contributed by atoms with Crippen molar-refractivity contribution in [1.29, 1.82) is 0 Å². The molecule has 0 radical (unpaired) electrons. The fraction of sp³-hybridized carbons (Fsp3) is 0.538. The van der Waals surface area contributed by atoms with Gasteiger partial charge in [0.15, 0.2) is 0 Å². The van der Waals surface area contributed by atoms with Gasteiger partial charge in [0.05, 0.1) is 0 Å². The van der Waals surface area contributed by atoms with E-state index in [1.54, 1.807) is 0 Å². The molecule has 1 heterocycles. The van der Waals surface area contributed by atoms with E-state index in [9.17, 15) is 0 Å². The van der Waals surface area contributed by atoms with Crippen molar-refractivity contribution < 1.29 is 4.74 Å². The van der Waals surface area contributed by atoms with Crippen molar-refractivity contribution in [3.8, 4) is 0 Å². The first kappa shape index (κ1) is 12.7. The number of rotatable bonds is 3. The molecule has 0 atom stereocenters. The third-order valence-corrected chi connectivity index (χ3v) is 4.05. The van der Waals surface area contributed by atoms with E-state index < -0.39 is 0 Å². The lowest BCUT2D eigenvalue weighted by Gasteiger charge is -2.34. The molecule has 1 fully saturated rings. The molecule has 0 unspecified atom stereocenters. The molecule has 4 heteroatoms. The van der Waals surface area contributed by atoms with E-state index >= 15 is 0 Å². The maximum absolute atomic E-state index is 5.72. The van der Waals surface area contributed by atoms with Crippen molar-refractivity contribution in [2.45, 2.75) is 19.8 Å². The van der Waals surface area contributed by atoms with Crippen molar-refractivity contribution in [3.63, 3.8) is 0 Å². The van der Waals surface area contributed by atoms with Crippen molar-refractivity contribution >= 4 is 27.3 Å². The van der Waals surface area contributed by atoms with Crippen LogP contribution in [-0.2, 0) is 4.74 Å². The van der Waals surface area contributed by atoms with E-state index in [1.165, 1.54) is 0 Å². The topological polar surface area (TPSA) is 47.3 Å². The second kappa shape index (κ2) is 5.27. The Balaban J connectivity index is 1.97. The van der Waals surface area contributed by atoms with Crippen LogP contribution in [0, 0.1) is 5.41 Å². The Morgan fingerprint density at radius 3 is 2.76 bits per heavy atom. The summed E-state index contributed by atoms with van der Waals surface area (Å²) in [5.41, 5.74) is 7.93. The first-order chi connectivity index (χ1) is 8.09. The summed E-state index contributed by atoms with van der Waals surface area (Å²) in [5, 5.41) is 3.49. The predicted molar refractivity (Wildman–Crippen MR) is 75.2 cm³/mol. The number of benzene rings is 1. The van der Waals surface area contributed by atoms with E-state index in [2.05, 4.69) is 28.2 Å². The molecule has 0 aliphatic carbocycles. The van der Waals surface area contributed by atoms with Gasteiger partial charge in [-0.15, -0.1) is 0 Å². The maximum Gasteiger partial charge on any atom is 0.0486 e. The maximum atomic E-state index is 5.72. The minimum atomic E-state index is 0.332. The summed E-state index contributed by atoms with van der Waals surface area (Å²) in [6, 6.07) is 5.86. The summed E-state index contributed by atoms with van der Waals surface area (Å²) in [7, 11) is 0. The molecule has 0 saturated carbocycles. The van der Waals surface area contributed by atoms with Gasteiger partial charge in [-0.05, 0) is 52.4 Å². The van der Waals surface area contributed by atoms with Gasteiger partial charge in [-0.1, -0.05) is 6.92 Å². The Labute approximate surface area is 111 Å². The molecule has 3 nitrogen and oxygen atoms in total. The fourth-order valence-corrected chi connectivity index (χ4v) is 2.56. The number of anilines is 2. The molecule has 0 spiro atoms. The molecule has 0 amide bonds. The van der Waals surface area contributed by atoms with Crippen LogP contribution >= 0.6 is 15.9 Å². The molecule has 2 rings (SSSR count). The van der Waals surface area contributed by atoms with Crippen molar-refractivity contribution in [2.75, 3.05) is 30.8 Å². The summed E-state index contributed by atoms with van der Waals surface area (Å²) < 4.78 is 6.42. The van der Waals surface area contributed by atoms with Crippen molar-refractivity contribution in [3.05, 3.63) is 22.7 Å². The second-order valence-corrected chi connectivity index (χ2v) is 5.87. The zero-order valence-electron chi connectivity index (χ0n) is 10.1. The standard InChI is InChI=1S/C13H19BrN2O/c1-13(4-6-17-7-5-13)9-16-12-3-2-10(15)8-11(12)14/h2-3,8,16H,4-7,9,15H2,1H3. The summed E-state index contributed by atoms with van der Waals surface area (Å²) in [4.78, 5) is 0. The van der Waals surface area contributed by atoms with Crippen LogP contribution in [0.25, 0.3) is 0 Å². The van der Waals surface area contributed by atoms with E-state index in [0.717, 1.165) is 48.4 Å². The molecule has 1 aliphatic rings. The van der Waals surface area contributed by atoms with Gasteiger partial charge in [0, 0.05) is 35.6 Å². The van der Waals surface area contributed by atoms with Gasteiger partial charge >= 0.3 is 0 Å². The Kier molecular flexibility index (Phi) is 3.94. The molecule has 1 saturated heterocycles. The van der Waals surface area contributed by atoms with Crippen molar-refractivity contribution in [2.24, 2.45) is 5.41 Å². The lowest BCUT2D eigenvalue weighted by molar-refractivity contribution is 0.0300. The van der Waals surface area contributed by atoms with Gasteiger partial charge in [0.25, 0.3) is 0 Å². The Morgan fingerprint density at radius 1 is 1.41 bits per heavy atom.